The number of methoxy groups -OCH3 is 1. The van der Waals surface area contributed by atoms with Crippen molar-refractivity contribution in [3.63, 3.8) is 0 Å². The van der Waals surface area contributed by atoms with Gasteiger partial charge in [0.05, 0.1) is 7.11 Å². The summed E-state index contributed by atoms with van der Waals surface area (Å²) in [5.74, 6) is -2.00. The Labute approximate surface area is 168 Å². The van der Waals surface area contributed by atoms with Gasteiger partial charge in [0.15, 0.2) is 18.2 Å². The number of allylic oxidation sites excluding steroid dienone is 1. The van der Waals surface area contributed by atoms with Gasteiger partial charge >= 0.3 is 12.0 Å². The minimum absolute atomic E-state index is 0.0927. The monoisotopic (exact) mass is 404 g/mol. The zero-order chi connectivity index (χ0) is 21.1. The zero-order valence-corrected chi connectivity index (χ0v) is 16.3. The van der Waals surface area contributed by atoms with E-state index in [0.29, 0.717) is 12.1 Å². The van der Waals surface area contributed by atoms with E-state index >= 15 is 0 Å². The average Bonchev–Trinajstić information content (AvgIpc) is 2.71. The van der Waals surface area contributed by atoms with Gasteiger partial charge in [-0.25, -0.2) is 14.0 Å². The highest BCUT2D eigenvalue weighted by atomic mass is 19.1. The molecule has 1 aromatic carbocycles. The molecule has 2 N–H and O–H groups in total. The number of rotatable bonds is 8. The first kappa shape index (κ1) is 22.1. The largest absolute Gasteiger partial charge is 0.494 e. The van der Waals surface area contributed by atoms with Gasteiger partial charge in [0.25, 0.3) is 5.91 Å². The highest BCUT2D eigenvalue weighted by Gasteiger charge is 2.10. The molecular weight excluding hydrogens is 379 g/mol. The lowest BCUT2D eigenvalue weighted by Gasteiger charge is -2.13. The average molecular weight is 404 g/mol. The van der Waals surface area contributed by atoms with Gasteiger partial charge in [0.1, 0.15) is 0 Å². The molecule has 1 aromatic rings. The molecule has 0 unspecified atom stereocenters. The molecule has 0 bridgehead atoms. The molecule has 0 radical (unpaired) electrons. The Balaban J connectivity index is 1.65. The van der Waals surface area contributed by atoms with Gasteiger partial charge in [-0.05, 0) is 55.9 Å². The topological polar surface area (TPSA) is 93.7 Å². The highest BCUT2D eigenvalue weighted by molar-refractivity contribution is 5.96. The first-order valence-electron chi connectivity index (χ1n) is 9.42. The number of carbonyl (C=O) groups excluding carboxylic acids is 3. The molecule has 3 amide bonds. The predicted octanol–water partition coefficient (Wildman–Crippen LogP) is 3.11. The van der Waals surface area contributed by atoms with Gasteiger partial charge in [0.2, 0.25) is 0 Å². The second-order valence-corrected chi connectivity index (χ2v) is 6.50. The summed E-state index contributed by atoms with van der Waals surface area (Å²) in [6.07, 6.45) is 9.86. The summed E-state index contributed by atoms with van der Waals surface area (Å²) < 4.78 is 23.1. The van der Waals surface area contributed by atoms with E-state index in [-0.39, 0.29) is 5.75 Å². The van der Waals surface area contributed by atoms with Crippen LogP contribution in [0.5, 0.6) is 5.75 Å². The van der Waals surface area contributed by atoms with E-state index < -0.39 is 30.3 Å². The number of benzene rings is 1. The smallest absolute Gasteiger partial charge is 0.331 e. The lowest BCUT2D eigenvalue weighted by Crippen LogP contribution is -2.41. The molecule has 8 heteroatoms. The van der Waals surface area contributed by atoms with E-state index in [2.05, 4.69) is 16.7 Å². The summed E-state index contributed by atoms with van der Waals surface area (Å²) in [5, 5.41) is 4.69. The van der Waals surface area contributed by atoms with Gasteiger partial charge in [-0.2, -0.15) is 0 Å². The van der Waals surface area contributed by atoms with Crippen LogP contribution in [-0.2, 0) is 14.3 Å². The highest BCUT2D eigenvalue weighted by Crippen LogP contribution is 2.19. The Kier molecular flexibility index (Phi) is 8.88. The number of ether oxygens (including phenoxy) is 2. The van der Waals surface area contributed by atoms with E-state index in [9.17, 15) is 18.8 Å². The Hall–Kier alpha value is -3.16. The normalized spacial score (nSPS) is 13.5. The number of halogens is 1. The van der Waals surface area contributed by atoms with Crippen molar-refractivity contribution in [3.8, 4) is 5.75 Å². The Morgan fingerprint density at radius 2 is 2.07 bits per heavy atom. The summed E-state index contributed by atoms with van der Waals surface area (Å²) in [5.41, 5.74) is 1.75. The SMILES string of the molecule is COc1ccc(/C=C/C(=O)OCC(=O)NC(=O)NCCC2=CCCCC2)cc1F. The molecule has 7 nitrogen and oxygen atoms in total. The summed E-state index contributed by atoms with van der Waals surface area (Å²) >= 11 is 0. The predicted molar refractivity (Wildman–Crippen MR) is 106 cm³/mol. The van der Waals surface area contributed by atoms with Gasteiger partial charge in [-0.15, -0.1) is 0 Å². The minimum Gasteiger partial charge on any atom is -0.494 e. The third kappa shape index (κ3) is 8.16. The molecule has 2 rings (SSSR count). The number of imide groups is 1. The molecule has 156 valence electrons. The number of amides is 3. The van der Waals surface area contributed by atoms with E-state index in [1.54, 1.807) is 6.07 Å². The summed E-state index contributed by atoms with van der Waals surface area (Å²) in [7, 11) is 1.35. The second kappa shape index (κ2) is 11.6. The van der Waals surface area contributed by atoms with Crippen molar-refractivity contribution >= 4 is 24.0 Å². The summed E-state index contributed by atoms with van der Waals surface area (Å²) in [6, 6.07) is 3.55. The third-order valence-corrected chi connectivity index (χ3v) is 4.30. The Morgan fingerprint density at radius 3 is 2.76 bits per heavy atom. The lowest BCUT2D eigenvalue weighted by atomic mass is 9.97. The standard InChI is InChI=1S/C21H25FN2O5/c1-28-18-9-7-16(13-17(18)22)8-10-20(26)29-14-19(25)24-21(27)23-12-11-15-5-3-2-4-6-15/h5,7-10,13H,2-4,6,11-12,14H2,1H3,(H2,23,24,25,27)/b10-8+. The maximum Gasteiger partial charge on any atom is 0.331 e. The van der Waals surface area contributed by atoms with Crippen LogP contribution in [-0.4, -0.2) is 38.2 Å². The van der Waals surface area contributed by atoms with Crippen LogP contribution < -0.4 is 15.4 Å². The summed E-state index contributed by atoms with van der Waals surface area (Å²) in [6.45, 7) is -0.162. The van der Waals surface area contributed by atoms with Crippen molar-refractivity contribution in [1.29, 1.82) is 0 Å². The van der Waals surface area contributed by atoms with Gasteiger partial charge in [-0.3, -0.25) is 10.1 Å². The van der Waals surface area contributed by atoms with Crippen LogP contribution in [0.3, 0.4) is 0 Å². The number of carbonyl (C=O) groups is 3. The molecule has 0 fully saturated rings. The van der Waals surface area contributed by atoms with Crippen LogP contribution in [0, 0.1) is 5.82 Å². The number of hydrogen-bond acceptors (Lipinski definition) is 5. The van der Waals surface area contributed by atoms with Crippen molar-refractivity contribution < 1.29 is 28.2 Å². The van der Waals surface area contributed by atoms with Crippen LogP contribution >= 0.6 is 0 Å². The molecule has 0 aromatic heterocycles. The van der Waals surface area contributed by atoms with E-state index in [1.807, 2.05) is 0 Å². The molecule has 0 saturated heterocycles. The molecule has 0 aliphatic heterocycles. The number of esters is 1. The molecule has 1 aliphatic rings. The van der Waals surface area contributed by atoms with Crippen molar-refractivity contribution in [2.45, 2.75) is 32.1 Å². The van der Waals surface area contributed by atoms with Crippen LogP contribution in [0.4, 0.5) is 9.18 Å². The molecule has 0 spiro atoms. The van der Waals surface area contributed by atoms with Crippen LogP contribution in [0.2, 0.25) is 0 Å². The van der Waals surface area contributed by atoms with Crippen molar-refractivity contribution in [3.05, 3.63) is 47.3 Å². The van der Waals surface area contributed by atoms with Gasteiger partial charge in [0, 0.05) is 12.6 Å². The van der Waals surface area contributed by atoms with Crippen molar-refractivity contribution in [2.24, 2.45) is 0 Å². The zero-order valence-electron chi connectivity index (χ0n) is 16.3. The molecular formula is C21H25FN2O5. The van der Waals surface area contributed by atoms with Crippen molar-refractivity contribution in [1.82, 2.24) is 10.6 Å². The molecule has 0 heterocycles. The fourth-order valence-corrected chi connectivity index (χ4v) is 2.81. The number of urea groups is 1. The van der Waals surface area contributed by atoms with Crippen molar-refractivity contribution in [2.75, 3.05) is 20.3 Å². The fourth-order valence-electron chi connectivity index (χ4n) is 2.81. The minimum atomic E-state index is -0.791. The molecule has 1 aliphatic carbocycles. The van der Waals surface area contributed by atoms with Crippen LogP contribution in [0.25, 0.3) is 6.08 Å². The van der Waals surface area contributed by atoms with Gasteiger partial charge in [-0.1, -0.05) is 17.7 Å². The second-order valence-electron chi connectivity index (χ2n) is 6.50. The van der Waals surface area contributed by atoms with Crippen LogP contribution in [0.1, 0.15) is 37.7 Å². The van der Waals surface area contributed by atoms with E-state index in [0.717, 1.165) is 25.3 Å². The van der Waals surface area contributed by atoms with E-state index in [4.69, 9.17) is 9.47 Å². The summed E-state index contributed by atoms with van der Waals surface area (Å²) in [4.78, 5) is 35.0. The third-order valence-electron chi connectivity index (χ3n) is 4.30. The number of hydrogen-bond donors (Lipinski definition) is 2. The maximum atomic E-state index is 13.6. The molecule has 29 heavy (non-hydrogen) atoms. The maximum absolute atomic E-state index is 13.6. The van der Waals surface area contributed by atoms with E-state index in [1.165, 1.54) is 43.7 Å². The Bertz CT molecular complexity index is 804. The fraction of sp³-hybridized carbons (Fsp3) is 0.381. The van der Waals surface area contributed by atoms with Crippen LogP contribution in [0.15, 0.2) is 35.9 Å². The Morgan fingerprint density at radius 1 is 1.24 bits per heavy atom. The lowest BCUT2D eigenvalue weighted by molar-refractivity contribution is -0.143. The first-order valence-corrected chi connectivity index (χ1v) is 9.42. The quantitative estimate of drug-likeness (QED) is 0.395. The van der Waals surface area contributed by atoms with Gasteiger partial charge < -0.3 is 14.8 Å². The molecule has 0 atom stereocenters. The number of nitrogens with one attached hydrogen (secondary N) is 2. The molecule has 0 saturated carbocycles. The first-order chi connectivity index (χ1) is 14.0.